The van der Waals surface area contributed by atoms with Crippen LogP contribution in [-0.2, 0) is 6.42 Å². The lowest BCUT2D eigenvalue weighted by atomic mass is 9.76. The van der Waals surface area contributed by atoms with Crippen LogP contribution in [-0.4, -0.2) is 40.7 Å². The molecule has 0 aromatic carbocycles. The van der Waals surface area contributed by atoms with Crippen LogP contribution in [0.1, 0.15) is 77.6 Å². The smallest absolute Gasteiger partial charge is 0.180 e. The van der Waals surface area contributed by atoms with Crippen molar-refractivity contribution in [1.82, 2.24) is 28.9 Å². The fourth-order valence-corrected chi connectivity index (χ4v) is 4.74. The van der Waals surface area contributed by atoms with Gasteiger partial charge >= 0.3 is 0 Å². The summed E-state index contributed by atoms with van der Waals surface area (Å²) in [5, 5.41) is 20.1. The second-order valence-electron chi connectivity index (χ2n) is 9.45. The van der Waals surface area contributed by atoms with Crippen molar-refractivity contribution in [3.05, 3.63) is 42.2 Å². The van der Waals surface area contributed by atoms with E-state index < -0.39 is 0 Å². The van der Waals surface area contributed by atoms with Gasteiger partial charge in [0.2, 0.25) is 0 Å². The molecular formula is C26H39N7OS. The van der Waals surface area contributed by atoms with Crippen LogP contribution in [0, 0.1) is 12.3 Å². The van der Waals surface area contributed by atoms with Crippen molar-refractivity contribution in [3.8, 4) is 11.3 Å². The van der Waals surface area contributed by atoms with Crippen molar-refractivity contribution < 1.29 is 5.11 Å². The molecule has 0 radical (unpaired) electrons. The molecule has 0 saturated heterocycles. The zero-order chi connectivity index (χ0) is 25.3. The van der Waals surface area contributed by atoms with Crippen LogP contribution >= 0.6 is 11.5 Å². The number of rotatable bonds is 5. The second kappa shape index (κ2) is 12.8. The van der Waals surface area contributed by atoms with Crippen molar-refractivity contribution in [3.63, 3.8) is 0 Å². The minimum absolute atomic E-state index is 0.276. The largest absolute Gasteiger partial charge is 0.396 e. The molecule has 35 heavy (non-hydrogen) atoms. The summed E-state index contributed by atoms with van der Waals surface area (Å²) in [6.07, 6.45) is 16.1. The van der Waals surface area contributed by atoms with E-state index in [1.54, 1.807) is 6.20 Å². The van der Waals surface area contributed by atoms with Crippen LogP contribution in [0.25, 0.3) is 16.9 Å². The number of aliphatic hydroxyl groups is 1. The van der Waals surface area contributed by atoms with Gasteiger partial charge in [-0.2, -0.15) is 9.47 Å². The standard InChI is InChI=1S/C15H15N7S.C8H16O.C3H8/c1-3-11-4-13(23-21-11)20-14-15-16-7-12(10-5-17-18-6-10)22(15)8-9(2)19-14;1-8(7-9)5-3-2-4-6-8;1-3-2/h4-8H,3H2,1-2H3,(H,17,18)(H,19,20);9H,2-7H2,1H3;3H2,1-2H3. The molecule has 4 aromatic rings. The van der Waals surface area contributed by atoms with Crippen molar-refractivity contribution in [2.45, 2.75) is 79.6 Å². The number of nitrogens with one attached hydrogen (secondary N) is 2. The van der Waals surface area contributed by atoms with Gasteiger partial charge in [0.05, 0.1) is 29.5 Å². The average Bonchev–Trinajstić information content (AvgIpc) is 3.61. The molecule has 5 rings (SSSR count). The number of hydrogen-bond acceptors (Lipinski definition) is 7. The molecule has 0 bridgehead atoms. The van der Waals surface area contributed by atoms with E-state index in [-0.39, 0.29) is 5.41 Å². The summed E-state index contributed by atoms with van der Waals surface area (Å²) in [5.41, 5.74) is 4.99. The zero-order valence-electron chi connectivity index (χ0n) is 21.6. The highest BCUT2D eigenvalue weighted by atomic mass is 32.1. The number of aryl methyl sites for hydroxylation is 2. The molecule has 1 aliphatic carbocycles. The van der Waals surface area contributed by atoms with Crippen LogP contribution in [0.3, 0.4) is 0 Å². The highest BCUT2D eigenvalue weighted by Crippen LogP contribution is 2.34. The number of hydrogen-bond donors (Lipinski definition) is 3. The molecule has 0 unspecified atom stereocenters. The van der Waals surface area contributed by atoms with Crippen molar-refractivity contribution in [2.75, 3.05) is 11.9 Å². The third-order valence-electron chi connectivity index (χ3n) is 6.01. The van der Waals surface area contributed by atoms with E-state index in [9.17, 15) is 0 Å². The Morgan fingerprint density at radius 1 is 1.17 bits per heavy atom. The van der Waals surface area contributed by atoms with Crippen molar-refractivity contribution >= 4 is 28.0 Å². The number of fused-ring (bicyclic) bond motifs is 1. The maximum Gasteiger partial charge on any atom is 0.180 e. The number of anilines is 2. The van der Waals surface area contributed by atoms with Crippen LogP contribution < -0.4 is 5.32 Å². The van der Waals surface area contributed by atoms with E-state index >= 15 is 0 Å². The van der Waals surface area contributed by atoms with Gasteiger partial charge in [-0.05, 0) is 49.2 Å². The van der Waals surface area contributed by atoms with Crippen molar-refractivity contribution in [1.29, 1.82) is 0 Å². The number of aliphatic hydroxyl groups excluding tert-OH is 1. The summed E-state index contributed by atoms with van der Waals surface area (Å²) >= 11 is 1.43. The Morgan fingerprint density at radius 2 is 1.91 bits per heavy atom. The van der Waals surface area contributed by atoms with Gasteiger partial charge in [0.25, 0.3) is 0 Å². The molecule has 3 N–H and O–H groups in total. The predicted octanol–water partition coefficient (Wildman–Crippen LogP) is 6.56. The second-order valence-corrected chi connectivity index (χ2v) is 10.3. The molecule has 0 amide bonds. The number of imidazole rings is 1. The molecule has 0 aliphatic heterocycles. The minimum atomic E-state index is 0.276. The van der Waals surface area contributed by atoms with Gasteiger partial charge in [0, 0.05) is 24.6 Å². The Balaban J connectivity index is 0.000000238. The number of nitrogens with zero attached hydrogens (tertiary/aromatic N) is 5. The van der Waals surface area contributed by atoms with E-state index in [4.69, 9.17) is 5.11 Å². The first-order chi connectivity index (χ1) is 16.9. The Hall–Kier alpha value is -2.78. The zero-order valence-corrected chi connectivity index (χ0v) is 22.5. The number of aromatic amines is 1. The normalized spacial score (nSPS) is 14.6. The van der Waals surface area contributed by atoms with Gasteiger partial charge in [-0.25, -0.2) is 9.97 Å². The summed E-state index contributed by atoms with van der Waals surface area (Å²) in [6.45, 7) is 10.9. The molecule has 0 atom stereocenters. The number of aromatic nitrogens is 6. The van der Waals surface area contributed by atoms with E-state index in [1.807, 2.05) is 36.0 Å². The SMILES string of the molecule is CC1(CO)CCCCC1.CCC.CCc1cc(Nc2nc(C)cn3c(-c4cn[nH]c4)cnc23)sn1. The topological polar surface area (TPSA) is 104 Å². The van der Waals surface area contributed by atoms with Crippen LogP contribution in [0.4, 0.5) is 10.8 Å². The van der Waals surface area contributed by atoms with Gasteiger partial charge in [-0.3, -0.25) is 9.50 Å². The molecule has 1 fully saturated rings. The quantitative estimate of drug-likeness (QED) is 0.289. The highest BCUT2D eigenvalue weighted by molar-refractivity contribution is 7.10. The lowest BCUT2D eigenvalue weighted by molar-refractivity contribution is 0.100. The first-order valence-electron chi connectivity index (χ1n) is 12.6. The summed E-state index contributed by atoms with van der Waals surface area (Å²) in [5.74, 6) is 0.728. The lowest BCUT2D eigenvalue weighted by Gasteiger charge is -2.31. The molecule has 4 heterocycles. The molecule has 1 saturated carbocycles. The van der Waals surface area contributed by atoms with Crippen LogP contribution in [0.15, 0.2) is 30.9 Å². The Morgan fingerprint density at radius 3 is 2.49 bits per heavy atom. The fraction of sp³-hybridized carbons (Fsp3) is 0.538. The summed E-state index contributed by atoms with van der Waals surface area (Å²) in [7, 11) is 0. The molecule has 0 spiro atoms. The maximum absolute atomic E-state index is 8.95. The Kier molecular flexibility index (Phi) is 9.80. The first kappa shape index (κ1) is 26.8. The highest BCUT2D eigenvalue weighted by Gasteiger charge is 2.25. The molecule has 4 aromatic heterocycles. The minimum Gasteiger partial charge on any atom is -0.396 e. The predicted molar refractivity (Wildman–Crippen MR) is 144 cm³/mol. The van der Waals surface area contributed by atoms with E-state index in [1.165, 1.54) is 50.1 Å². The maximum atomic E-state index is 8.95. The van der Waals surface area contributed by atoms with E-state index in [0.29, 0.717) is 6.61 Å². The average molecular weight is 498 g/mol. The van der Waals surface area contributed by atoms with Gasteiger partial charge < -0.3 is 10.4 Å². The van der Waals surface area contributed by atoms with Crippen LogP contribution in [0.2, 0.25) is 0 Å². The lowest BCUT2D eigenvalue weighted by Crippen LogP contribution is -2.23. The third-order valence-corrected chi connectivity index (χ3v) is 6.75. The van der Waals surface area contributed by atoms with E-state index in [2.05, 4.69) is 57.6 Å². The van der Waals surface area contributed by atoms with Gasteiger partial charge in [-0.1, -0.05) is 53.4 Å². The van der Waals surface area contributed by atoms with E-state index in [0.717, 1.165) is 45.5 Å². The monoisotopic (exact) mass is 497 g/mol. The van der Waals surface area contributed by atoms with Gasteiger partial charge in [0.1, 0.15) is 5.00 Å². The number of H-pyrrole nitrogens is 1. The third kappa shape index (κ3) is 7.11. The fourth-order valence-electron chi connectivity index (χ4n) is 4.01. The molecular weight excluding hydrogens is 458 g/mol. The summed E-state index contributed by atoms with van der Waals surface area (Å²) in [6, 6.07) is 2.05. The molecule has 9 heteroatoms. The first-order valence-corrected chi connectivity index (χ1v) is 13.4. The Bertz CT molecular complexity index is 1160. The van der Waals surface area contributed by atoms with Gasteiger partial charge in [-0.15, -0.1) is 0 Å². The van der Waals surface area contributed by atoms with Crippen LogP contribution in [0.5, 0.6) is 0 Å². The molecule has 190 valence electrons. The summed E-state index contributed by atoms with van der Waals surface area (Å²) < 4.78 is 6.42. The van der Waals surface area contributed by atoms with Crippen molar-refractivity contribution in [2.24, 2.45) is 5.41 Å². The summed E-state index contributed by atoms with van der Waals surface area (Å²) in [4.78, 5) is 9.11. The van der Waals surface area contributed by atoms with Gasteiger partial charge in [0.15, 0.2) is 11.5 Å². The molecule has 8 nitrogen and oxygen atoms in total. The molecule has 1 aliphatic rings. The Labute approximate surface area is 212 Å².